The van der Waals surface area contributed by atoms with Crippen LogP contribution in [0, 0.1) is 10.8 Å². The summed E-state index contributed by atoms with van der Waals surface area (Å²) in [6, 6.07) is -1.01. The number of hydrogen-bond acceptors (Lipinski definition) is 3. The number of carboxylic acid groups (broad SMARTS) is 1. The fourth-order valence-corrected chi connectivity index (χ4v) is 2.50. The second kappa shape index (κ2) is 10.4. The molecular weight excluding hydrogens is 294 g/mol. The predicted octanol–water partition coefficient (Wildman–Crippen LogP) is 3.80. The van der Waals surface area contributed by atoms with E-state index < -0.39 is 17.4 Å². The summed E-state index contributed by atoms with van der Waals surface area (Å²) in [4.78, 5) is 34.8. The van der Waals surface area contributed by atoms with Crippen molar-refractivity contribution in [1.29, 1.82) is 0 Å². The third kappa shape index (κ3) is 10.9. The van der Waals surface area contributed by atoms with E-state index in [-0.39, 0.29) is 29.9 Å². The topological polar surface area (TPSA) is 83.5 Å². The van der Waals surface area contributed by atoms with Crippen LogP contribution in [0.3, 0.4) is 0 Å². The standard InChI is InChI=1S/C16H29NO4.C2H6/c1-7-11(18)8-9-12(13(19)20)17-14(21)16(5,6)10-15(2,3)4;1-2/h12H,7-10H2,1-6H3,(H,17,21)(H,19,20);1-2H3. The van der Waals surface area contributed by atoms with E-state index in [0.29, 0.717) is 12.8 Å². The fraction of sp³-hybridized carbons (Fsp3) is 0.833. The first-order valence-electron chi connectivity index (χ1n) is 8.44. The van der Waals surface area contributed by atoms with Crippen LogP contribution >= 0.6 is 0 Å². The highest BCUT2D eigenvalue weighted by atomic mass is 16.4. The molecule has 0 aliphatic rings. The zero-order chi connectivity index (χ0) is 18.8. The van der Waals surface area contributed by atoms with Crippen molar-refractivity contribution in [2.75, 3.05) is 0 Å². The van der Waals surface area contributed by atoms with Crippen LogP contribution in [0.25, 0.3) is 0 Å². The first kappa shape index (κ1) is 23.9. The van der Waals surface area contributed by atoms with Gasteiger partial charge >= 0.3 is 5.97 Å². The van der Waals surface area contributed by atoms with Gasteiger partial charge in [-0.3, -0.25) is 9.59 Å². The van der Waals surface area contributed by atoms with Crippen LogP contribution in [0.2, 0.25) is 0 Å². The molecule has 0 aromatic rings. The van der Waals surface area contributed by atoms with E-state index in [2.05, 4.69) is 5.32 Å². The molecule has 0 saturated heterocycles. The summed E-state index contributed by atoms with van der Waals surface area (Å²) in [6.45, 7) is 15.5. The monoisotopic (exact) mass is 329 g/mol. The van der Waals surface area contributed by atoms with Gasteiger partial charge in [0.1, 0.15) is 11.8 Å². The molecule has 136 valence electrons. The minimum atomic E-state index is -1.10. The summed E-state index contributed by atoms with van der Waals surface area (Å²) in [5, 5.41) is 11.7. The number of aliphatic carboxylic acids is 1. The molecule has 0 bridgehead atoms. The molecule has 0 aromatic carbocycles. The number of carbonyl (C=O) groups is 3. The number of amides is 1. The Morgan fingerprint density at radius 2 is 1.52 bits per heavy atom. The number of nitrogens with one attached hydrogen (secondary N) is 1. The van der Waals surface area contributed by atoms with Gasteiger partial charge in [0.05, 0.1) is 0 Å². The second-order valence-corrected chi connectivity index (χ2v) is 7.42. The van der Waals surface area contributed by atoms with Crippen LogP contribution in [-0.2, 0) is 14.4 Å². The Kier molecular flexibility index (Phi) is 10.8. The molecule has 2 N–H and O–H groups in total. The van der Waals surface area contributed by atoms with Crippen LogP contribution in [0.15, 0.2) is 0 Å². The lowest BCUT2D eigenvalue weighted by Crippen LogP contribution is -2.47. The zero-order valence-electron chi connectivity index (χ0n) is 16.1. The maximum atomic E-state index is 12.3. The van der Waals surface area contributed by atoms with Crippen molar-refractivity contribution in [3.05, 3.63) is 0 Å². The molecule has 0 aliphatic heterocycles. The SMILES string of the molecule is CC.CCC(=O)CCC(NC(=O)C(C)(C)CC(C)(C)C)C(=O)O. The van der Waals surface area contributed by atoms with E-state index in [1.165, 1.54) is 0 Å². The molecule has 0 spiro atoms. The van der Waals surface area contributed by atoms with Crippen molar-refractivity contribution in [1.82, 2.24) is 5.32 Å². The van der Waals surface area contributed by atoms with Crippen molar-refractivity contribution in [3.8, 4) is 0 Å². The molecule has 0 aromatic heterocycles. The third-order valence-electron chi connectivity index (χ3n) is 3.30. The molecule has 0 saturated carbocycles. The van der Waals surface area contributed by atoms with Gasteiger partial charge in [0, 0.05) is 18.3 Å². The normalized spacial score (nSPS) is 12.7. The number of carbonyl (C=O) groups excluding carboxylic acids is 2. The zero-order valence-corrected chi connectivity index (χ0v) is 16.1. The number of hydrogen-bond donors (Lipinski definition) is 2. The summed E-state index contributed by atoms with van der Waals surface area (Å²) < 4.78 is 0. The molecule has 1 amide bonds. The summed E-state index contributed by atoms with van der Waals surface area (Å²) >= 11 is 0. The van der Waals surface area contributed by atoms with Gasteiger partial charge in [-0.1, -0.05) is 55.4 Å². The lowest BCUT2D eigenvalue weighted by Gasteiger charge is -2.32. The lowest BCUT2D eigenvalue weighted by atomic mass is 9.75. The Morgan fingerprint density at radius 1 is 1.04 bits per heavy atom. The molecule has 5 heteroatoms. The quantitative estimate of drug-likeness (QED) is 0.709. The number of ketones is 1. The van der Waals surface area contributed by atoms with Gasteiger partial charge in [0.25, 0.3) is 0 Å². The van der Waals surface area contributed by atoms with Crippen molar-refractivity contribution in [3.63, 3.8) is 0 Å². The van der Waals surface area contributed by atoms with Gasteiger partial charge in [-0.2, -0.15) is 0 Å². The van der Waals surface area contributed by atoms with E-state index in [9.17, 15) is 19.5 Å². The summed E-state index contributed by atoms with van der Waals surface area (Å²) in [6.07, 6.45) is 1.34. The molecule has 1 atom stereocenters. The highest BCUT2D eigenvalue weighted by molar-refractivity contribution is 5.87. The minimum Gasteiger partial charge on any atom is -0.480 e. The number of carboxylic acids is 1. The van der Waals surface area contributed by atoms with Crippen LogP contribution in [0.5, 0.6) is 0 Å². The molecule has 0 heterocycles. The summed E-state index contributed by atoms with van der Waals surface area (Å²) in [5.74, 6) is -1.38. The average molecular weight is 329 g/mol. The molecular formula is C18H35NO4. The van der Waals surface area contributed by atoms with Crippen molar-refractivity contribution < 1.29 is 19.5 Å². The number of rotatable bonds is 8. The van der Waals surface area contributed by atoms with E-state index >= 15 is 0 Å². The molecule has 0 fully saturated rings. The largest absolute Gasteiger partial charge is 0.480 e. The van der Waals surface area contributed by atoms with Gasteiger partial charge in [0.2, 0.25) is 5.91 Å². The Morgan fingerprint density at radius 3 is 1.87 bits per heavy atom. The van der Waals surface area contributed by atoms with Crippen molar-refractivity contribution in [2.24, 2.45) is 10.8 Å². The van der Waals surface area contributed by atoms with E-state index in [0.717, 1.165) is 0 Å². The van der Waals surface area contributed by atoms with Crippen molar-refractivity contribution >= 4 is 17.7 Å². The van der Waals surface area contributed by atoms with Gasteiger partial charge in [0.15, 0.2) is 0 Å². The second-order valence-electron chi connectivity index (χ2n) is 7.42. The molecule has 23 heavy (non-hydrogen) atoms. The maximum absolute atomic E-state index is 12.3. The van der Waals surface area contributed by atoms with Gasteiger partial charge in [-0.25, -0.2) is 4.79 Å². The fourth-order valence-electron chi connectivity index (χ4n) is 2.50. The van der Waals surface area contributed by atoms with Gasteiger partial charge in [-0.05, 0) is 18.3 Å². The summed E-state index contributed by atoms with van der Waals surface area (Å²) in [7, 11) is 0. The first-order chi connectivity index (χ1) is 10.4. The predicted molar refractivity (Wildman–Crippen MR) is 93.3 cm³/mol. The minimum absolute atomic E-state index is 0.00412. The Bertz CT molecular complexity index is 394. The third-order valence-corrected chi connectivity index (χ3v) is 3.30. The van der Waals surface area contributed by atoms with Gasteiger partial charge < -0.3 is 10.4 Å². The van der Waals surface area contributed by atoms with E-state index in [1.807, 2.05) is 48.5 Å². The summed E-state index contributed by atoms with van der Waals surface area (Å²) in [5.41, 5.74) is -0.682. The Hall–Kier alpha value is -1.39. The van der Waals surface area contributed by atoms with Crippen molar-refractivity contribution in [2.45, 2.75) is 87.1 Å². The maximum Gasteiger partial charge on any atom is 0.326 e. The molecule has 1 unspecified atom stereocenters. The number of Topliss-reactive ketones (excluding diaryl/α,β-unsaturated/α-hetero) is 1. The molecule has 0 rings (SSSR count). The molecule has 0 aliphatic carbocycles. The first-order valence-corrected chi connectivity index (χ1v) is 8.44. The Balaban J connectivity index is 0. The van der Waals surface area contributed by atoms with Crippen LogP contribution in [0.4, 0.5) is 0 Å². The molecule has 5 nitrogen and oxygen atoms in total. The average Bonchev–Trinajstić information content (AvgIpc) is 2.41. The van der Waals surface area contributed by atoms with Crippen LogP contribution in [-0.4, -0.2) is 28.8 Å². The van der Waals surface area contributed by atoms with Crippen LogP contribution in [0.1, 0.15) is 81.1 Å². The van der Waals surface area contributed by atoms with E-state index in [1.54, 1.807) is 6.92 Å². The Labute approximate surface area is 141 Å². The lowest BCUT2D eigenvalue weighted by molar-refractivity contribution is -0.144. The highest BCUT2D eigenvalue weighted by Gasteiger charge is 2.34. The van der Waals surface area contributed by atoms with Gasteiger partial charge in [-0.15, -0.1) is 0 Å². The smallest absolute Gasteiger partial charge is 0.326 e. The van der Waals surface area contributed by atoms with Crippen LogP contribution < -0.4 is 5.32 Å². The molecule has 0 radical (unpaired) electrons. The van der Waals surface area contributed by atoms with E-state index in [4.69, 9.17) is 0 Å². The highest BCUT2D eigenvalue weighted by Crippen LogP contribution is 2.33.